The molecule has 0 heterocycles. The van der Waals surface area contributed by atoms with Crippen LogP contribution in [0.25, 0.3) is 0 Å². The average Bonchev–Trinajstić information content (AvgIpc) is 2.42. The van der Waals surface area contributed by atoms with Crippen LogP contribution < -0.4 is 5.32 Å². The summed E-state index contributed by atoms with van der Waals surface area (Å²) in [6, 6.07) is 8.20. The van der Waals surface area contributed by atoms with Crippen molar-refractivity contribution in [3.05, 3.63) is 35.4 Å². The average molecular weight is 303 g/mol. The Morgan fingerprint density at radius 3 is 2.18 bits per heavy atom. The minimum atomic E-state index is -0.861. The van der Waals surface area contributed by atoms with Gasteiger partial charge in [-0.15, -0.1) is 0 Å². The highest BCUT2D eigenvalue weighted by Gasteiger charge is 2.42. The zero-order valence-corrected chi connectivity index (χ0v) is 13.5. The van der Waals surface area contributed by atoms with Crippen molar-refractivity contribution in [1.29, 1.82) is 0 Å². The molecule has 0 bridgehead atoms. The third-order valence-corrected chi connectivity index (χ3v) is 4.64. The summed E-state index contributed by atoms with van der Waals surface area (Å²) in [5, 5.41) is 12.1. The predicted octanol–water partition coefficient (Wildman–Crippen LogP) is 3.17. The van der Waals surface area contributed by atoms with Gasteiger partial charge in [0.25, 0.3) is 0 Å². The third kappa shape index (κ3) is 3.49. The number of aliphatic carboxylic acids is 1. The van der Waals surface area contributed by atoms with Gasteiger partial charge in [0.05, 0.1) is 17.9 Å². The van der Waals surface area contributed by atoms with E-state index in [1.54, 1.807) is 0 Å². The zero-order valence-electron chi connectivity index (χ0n) is 13.5. The molecule has 3 atom stereocenters. The van der Waals surface area contributed by atoms with Gasteiger partial charge in [-0.25, -0.2) is 0 Å². The molecule has 0 saturated heterocycles. The summed E-state index contributed by atoms with van der Waals surface area (Å²) in [6.45, 7) is 6.24. The van der Waals surface area contributed by atoms with Gasteiger partial charge in [0, 0.05) is 0 Å². The van der Waals surface area contributed by atoms with Crippen molar-refractivity contribution in [1.82, 2.24) is 5.32 Å². The molecular formula is C18H25NO3. The first-order valence-electron chi connectivity index (χ1n) is 8.06. The van der Waals surface area contributed by atoms with E-state index >= 15 is 0 Å². The van der Waals surface area contributed by atoms with E-state index in [1.807, 2.05) is 0 Å². The number of carboxylic acids is 1. The Hall–Kier alpha value is -1.84. The quantitative estimate of drug-likeness (QED) is 0.848. The van der Waals surface area contributed by atoms with Crippen LogP contribution in [0.5, 0.6) is 0 Å². The minimum absolute atomic E-state index is 0.0755. The maximum atomic E-state index is 12.4. The summed E-state index contributed by atoms with van der Waals surface area (Å²) in [6.07, 6.45) is 2.26. The molecule has 1 saturated carbocycles. The van der Waals surface area contributed by atoms with E-state index in [9.17, 15) is 9.59 Å². The number of carbonyl (C=O) groups is 2. The van der Waals surface area contributed by atoms with E-state index in [4.69, 9.17) is 5.11 Å². The molecule has 2 rings (SSSR count). The van der Waals surface area contributed by atoms with Gasteiger partial charge in [0.2, 0.25) is 5.91 Å². The van der Waals surface area contributed by atoms with Gasteiger partial charge in [-0.05, 0) is 36.3 Å². The van der Waals surface area contributed by atoms with Crippen LogP contribution in [0.3, 0.4) is 0 Å². The Kier molecular flexibility index (Phi) is 5.22. The van der Waals surface area contributed by atoms with E-state index in [2.05, 4.69) is 50.4 Å². The van der Waals surface area contributed by atoms with Gasteiger partial charge in [0.1, 0.15) is 0 Å². The molecule has 0 aromatic heterocycles. The first-order chi connectivity index (χ1) is 10.4. The van der Waals surface area contributed by atoms with Crippen molar-refractivity contribution >= 4 is 11.9 Å². The molecule has 4 heteroatoms. The highest BCUT2D eigenvalue weighted by Crippen LogP contribution is 2.35. The number of rotatable bonds is 6. The van der Waals surface area contributed by atoms with Crippen molar-refractivity contribution in [2.24, 2.45) is 17.8 Å². The smallest absolute Gasteiger partial charge is 0.307 e. The molecule has 120 valence electrons. The van der Waals surface area contributed by atoms with Crippen LogP contribution in [-0.2, 0) is 16.0 Å². The molecule has 22 heavy (non-hydrogen) atoms. The van der Waals surface area contributed by atoms with Crippen molar-refractivity contribution in [3.63, 3.8) is 0 Å². The molecule has 3 unspecified atom stereocenters. The normalized spacial score (nSPS) is 22.0. The highest BCUT2D eigenvalue weighted by molar-refractivity contribution is 5.86. The van der Waals surface area contributed by atoms with Gasteiger partial charge in [-0.3, -0.25) is 9.59 Å². The van der Waals surface area contributed by atoms with E-state index in [1.165, 1.54) is 5.56 Å². The first kappa shape index (κ1) is 16.5. The van der Waals surface area contributed by atoms with Gasteiger partial charge in [-0.1, -0.05) is 45.0 Å². The van der Waals surface area contributed by atoms with Crippen LogP contribution in [0, 0.1) is 17.8 Å². The fraction of sp³-hybridized carbons (Fsp3) is 0.556. The van der Waals surface area contributed by atoms with Crippen LogP contribution in [0.2, 0.25) is 0 Å². The van der Waals surface area contributed by atoms with E-state index in [-0.39, 0.29) is 23.8 Å². The molecule has 0 spiro atoms. The second-order valence-corrected chi connectivity index (χ2v) is 6.45. The molecule has 1 aromatic carbocycles. The molecular weight excluding hydrogens is 278 g/mol. The van der Waals surface area contributed by atoms with E-state index in [0.29, 0.717) is 12.8 Å². The Morgan fingerprint density at radius 1 is 1.18 bits per heavy atom. The van der Waals surface area contributed by atoms with Gasteiger partial charge in [0.15, 0.2) is 0 Å². The SMILES string of the molecule is CCc1ccc(C(NC(=O)C2CCC2C(=O)O)C(C)C)cc1. The lowest BCUT2D eigenvalue weighted by molar-refractivity contribution is -0.153. The zero-order chi connectivity index (χ0) is 16.3. The number of carbonyl (C=O) groups excluding carboxylic acids is 1. The summed E-state index contributed by atoms with van der Waals surface area (Å²) in [5.74, 6) is -1.64. The molecule has 1 fully saturated rings. The second-order valence-electron chi connectivity index (χ2n) is 6.45. The maximum absolute atomic E-state index is 12.4. The monoisotopic (exact) mass is 303 g/mol. The number of aryl methyl sites for hydroxylation is 1. The molecule has 4 nitrogen and oxygen atoms in total. The second kappa shape index (κ2) is 6.95. The van der Waals surface area contributed by atoms with Crippen molar-refractivity contribution in [2.45, 2.75) is 46.1 Å². The molecule has 0 radical (unpaired) electrons. The number of nitrogens with one attached hydrogen (secondary N) is 1. The Bertz CT molecular complexity index is 536. The lowest BCUT2D eigenvalue weighted by Gasteiger charge is -2.34. The van der Waals surface area contributed by atoms with E-state index in [0.717, 1.165) is 12.0 Å². The first-order valence-corrected chi connectivity index (χ1v) is 8.06. The summed E-state index contributed by atoms with van der Waals surface area (Å²) in [5.41, 5.74) is 2.34. The molecule has 2 N–H and O–H groups in total. The van der Waals surface area contributed by atoms with Crippen molar-refractivity contribution < 1.29 is 14.7 Å². The number of amides is 1. The number of hydrogen-bond acceptors (Lipinski definition) is 2. The third-order valence-electron chi connectivity index (χ3n) is 4.64. The summed E-state index contributed by atoms with van der Waals surface area (Å²) in [4.78, 5) is 23.5. The van der Waals surface area contributed by atoms with E-state index < -0.39 is 11.9 Å². The molecule has 0 aliphatic heterocycles. The standard InChI is InChI=1S/C18H25NO3/c1-4-12-5-7-13(8-6-12)16(11(2)3)19-17(20)14-9-10-15(14)18(21)22/h5-8,11,14-16H,4,9-10H2,1-3H3,(H,19,20)(H,21,22). The van der Waals surface area contributed by atoms with Crippen LogP contribution in [-0.4, -0.2) is 17.0 Å². The summed E-state index contributed by atoms with van der Waals surface area (Å²) >= 11 is 0. The van der Waals surface area contributed by atoms with Crippen molar-refractivity contribution in [3.8, 4) is 0 Å². The Balaban J connectivity index is 2.08. The lowest BCUT2D eigenvalue weighted by atomic mass is 9.73. The highest BCUT2D eigenvalue weighted by atomic mass is 16.4. The van der Waals surface area contributed by atoms with Gasteiger partial charge < -0.3 is 10.4 Å². The van der Waals surface area contributed by atoms with Gasteiger partial charge in [-0.2, -0.15) is 0 Å². The number of hydrogen-bond donors (Lipinski definition) is 2. The van der Waals surface area contributed by atoms with Gasteiger partial charge >= 0.3 is 5.97 Å². The molecule has 1 amide bonds. The number of carboxylic acid groups (broad SMARTS) is 1. The maximum Gasteiger partial charge on any atom is 0.307 e. The fourth-order valence-electron chi connectivity index (χ4n) is 2.97. The molecule has 1 aliphatic carbocycles. The lowest BCUT2D eigenvalue weighted by Crippen LogP contribution is -2.45. The predicted molar refractivity (Wildman–Crippen MR) is 85.4 cm³/mol. The van der Waals surface area contributed by atoms with Crippen LogP contribution in [0.15, 0.2) is 24.3 Å². The van der Waals surface area contributed by atoms with Crippen molar-refractivity contribution in [2.75, 3.05) is 0 Å². The number of benzene rings is 1. The largest absolute Gasteiger partial charge is 0.481 e. The topological polar surface area (TPSA) is 66.4 Å². The minimum Gasteiger partial charge on any atom is -0.481 e. The molecule has 1 aliphatic rings. The Morgan fingerprint density at radius 2 is 1.77 bits per heavy atom. The van der Waals surface area contributed by atoms with Crippen LogP contribution >= 0.6 is 0 Å². The Labute approximate surface area is 131 Å². The van der Waals surface area contributed by atoms with Crippen LogP contribution in [0.1, 0.15) is 50.8 Å². The van der Waals surface area contributed by atoms with Crippen LogP contribution in [0.4, 0.5) is 0 Å². The molecule has 1 aromatic rings. The summed E-state index contributed by atoms with van der Waals surface area (Å²) in [7, 11) is 0. The fourth-order valence-corrected chi connectivity index (χ4v) is 2.97. The summed E-state index contributed by atoms with van der Waals surface area (Å²) < 4.78 is 0.